The molecule has 3 aliphatic heterocycles. The topological polar surface area (TPSA) is 79.2 Å². The summed E-state index contributed by atoms with van der Waals surface area (Å²) in [5, 5.41) is 4.03. The van der Waals surface area contributed by atoms with Crippen LogP contribution in [0.5, 0.6) is 0 Å². The Bertz CT molecular complexity index is 1240. The highest BCUT2D eigenvalue weighted by molar-refractivity contribution is 6.30. The Morgan fingerprint density at radius 1 is 0.853 bits per heavy atom. The van der Waals surface area contributed by atoms with Gasteiger partial charge in [0.25, 0.3) is 5.56 Å². The molecule has 2 fully saturated rings. The Kier molecular flexibility index (Phi) is 5.61. The van der Waals surface area contributed by atoms with Crippen molar-refractivity contribution in [2.24, 2.45) is 5.92 Å². The lowest BCUT2D eigenvalue weighted by Gasteiger charge is -2.42. The van der Waals surface area contributed by atoms with Crippen molar-refractivity contribution in [3.63, 3.8) is 0 Å². The van der Waals surface area contributed by atoms with E-state index >= 15 is 0 Å². The number of halogens is 1. The van der Waals surface area contributed by atoms with Gasteiger partial charge in [-0.2, -0.15) is 15.0 Å². The number of hydrogen-bond acceptors (Lipinski definition) is 7. The Balaban J connectivity index is 1.33. The summed E-state index contributed by atoms with van der Waals surface area (Å²) in [5.74, 6) is 2.67. The number of aromatic nitrogens is 4. The second-order valence-electron chi connectivity index (χ2n) is 9.54. The van der Waals surface area contributed by atoms with E-state index in [-0.39, 0.29) is 5.56 Å². The maximum atomic E-state index is 12.4. The molecule has 0 saturated carbocycles. The van der Waals surface area contributed by atoms with Crippen LogP contribution in [-0.2, 0) is 6.54 Å². The van der Waals surface area contributed by atoms with Crippen molar-refractivity contribution in [3.05, 3.63) is 63.5 Å². The van der Waals surface area contributed by atoms with Crippen LogP contribution in [0.4, 0.5) is 23.5 Å². The molecule has 2 saturated heterocycles. The predicted molar refractivity (Wildman–Crippen MR) is 134 cm³/mol. The summed E-state index contributed by atoms with van der Waals surface area (Å²) in [4.78, 5) is 31.5. The van der Waals surface area contributed by atoms with Gasteiger partial charge in [-0.3, -0.25) is 4.79 Å². The molecule has 2 aromatic heterocycles. The van der Waals surface area contributed by atoms with Crippen molar-refractivity contribution < 1.29 is 0 Å². The highest BCUT2D eigenvalue weighted by Crippen LogP contribution is 2.36. The minimum atomic E-state index is 0.0997. The van der Waals surface area contributed by atoms with E-state index in [0.717, 1.165) is 69.3 Å². The predicted octanol–water partition coefficient (Wildman–Crippen LogP) is 4.04. The number of piperidine rings is 2. The van der Waals surface area contributed by atoms with E-state index in [1.807, 2.05) is 34.9 Å². The fraction of sp³-hybridized carbons (Fsp3) is 0.440. The maximum absolute atomic E-state index is 12.4. The standard InChI is InChI=1S/C25H28ClN7O/c26-19-7-9-20(10-8-19)27-23-28-24(31-11-2-1-3-12-31)30-25(29-23)32-14-17-13-18(16-32)21-5-4-6-22(34)33(21)15-17/h4-10,17-18H,1-3,11-16H2,(H,27,28,29,30)/t17-,18-/m1/s1. The molecule has 0 aliphatic carbocycles. The third kappa shape index (κ3) is 4.22. The van der Waals surface area contributed by atoms with E-state index in [2.05, 4.69) is 21.2 Å². The first kappa shape index (κ1) is 21.4. The molecular weight excluding hydrogens is 450 g/mol. The molecule has 176 valence electrons. The summed E-state index contributed by atoms with van der Waals surface area (Å²) in [6, 6.07) is 13.2. The second-order valence-corrected chi connectivity index (χ2v) is 9.98. The van der Waals surface area contributed by atoms with Gasteiger partial charge in [0.05, 0.1) is 0 Å². The van der Waals surface area contributed by atoms with Crippen molar-refractivity contribution in [3.8, 4) is 0 Å². The van der Waals surface area contributed by atoms with Gasteiger partial charge in [0.1, 0.15) is 0 Å². The Morgan fingerprint density at radius 2 is 1.62 bits per heavy atom. The van der Waals surface area contributed by atoms with Crippen LogP contribution in [0.1, 0.15) is 37.3 Å². The number of pyridine rings is 1. The summed E-state index contributed by atoms with van der Waals surface area (Å²) >= 11 is 6.06. The number of nitrogens with one attached hydrogen (secondary N) is 1. The van der Waals surface area contributed by atoms with Crippen LogP contribution in [0, 0.1) is 5.92 Å². The average molecular weight is 478 g/mol. The first-order valence-corrected chi connectivity index (χ1v) is 12.5. The van der Waals surface area contributed by atoms with E-state index in [1.54, 1.807) is 6.07 Å². The molecule has 3 aliphatic rings. The Labute approximate surface area is 203 Å². The fourth-order valence-electron chi connectivity index (χ4n) is 5.51. The summed E-state index contributed by atoms with van der Waals surface area (Å²) in [6.07, 6.45) is 4.65. The van der Waals surface area contributed by atoms with Crippen LogP contribution in [0.25, 0.3) is 0 Å². The van der Waals surface area contributed by atoms with Gasteiger partial charge in [-0.15, -0.1) is 0 Å². The summed E-state index contributed by atoms with van der Waals surface area (Å²) in [6.45, 7) is 4.31. The number of rotatable bonds is 4. The van der Waals surface area contributed by atoms with Gasteiger partial charge in [0.2, 0.25) is 17.8 Å². The van der Waals surface area contributed by atoms with Gasteiger partial charge < -0.3 is 19.7 Å². The highest BCUT2D eigenvalue weighted by Gasteiger charge is 2.36. The molecule has 9 heteroatoms. The molecule has 0 spiro atoms. The van der Waals surface area contributed by atoms with E-state index < -0.39 is 0 Å². The van der Waals surface area contributed by atoms with Crippen molar-refractivity contribution >= 4 is 35.1 Å². The number of anilines is 4. The monoisotopic (exact) mass is 477 g/mol. The fourth-order valence-corrected chi connectivity index (χ4v) is 5.63. The van der Waals surface area contributed by atoms with Crippen LogP contribution < -0.4 is 20.7 Å². The molecule has 2 bridgehead atoms. The minimum absolute atomic E-state index is 0.0997. The summed E-state index contributed by atoms with van der Waals surface area (Å²) in [7, 11) is 0. The number of benzene rings is 1. The quantitative estimate of drug-likeness (QED) is 0.607. The zero-order chi connectivity index (χ0) is 23.1. The van der Waals surface area contributed by atoms with Crippen LogP contribution in [0.2, 0.25) is 5.02 Å². The largest absolute Gasteiger partial charge is 0.341 e. The number of nitrogens with zero attached hydrogens (tertiary/aromatic N) is 6. The van der Waals surface area contributed by atoms with Crippen LogP contribution >= 0.6 is 11.6 Å². The van der Waals surface area contributed by atoms with Crippen LogP contribution in [0.15, 0.2) is 47.3 Å². The summed E-state index contributed by atoms with van der Waals surface area (Å²) < 4.78 is 1.95. The molecule has 5 heterocycles. The Hall–Kier alpha value is -3.13. The van der Waals surface area contributed by atoms with Crippen LogP contribution in [0.3, 0.4) is 0 Å². The van der Waals surface area contributed by atoms with Crippen molar-refractivity contribution in [2.75, 3.05) is 41.3 Å². The van der Waals surface area contributed by atoms with E-state index in [0.29, 0.717) is 28.8 Å². The molecule has 8 nitrogen and oxygen atoms in total. The SMILES string of the molecule is O=c1cccc2n1C[C@@H]1C[C@@H]2CN(c2nc(Nc3ccc(Cl)cc3)nc(N3CCCCC3)n2)C1. The van der Waals surface area contributed by atoms with Crippen molar-refractivity contribution in [1.82, 2.24) is 19.5 Å². The first-order chi connectivity index (χ1) is 16.6. The van der Waals surface area contributed by atoms with Crippen molar-refractivity contribution in [1.29, 1.82) is 0 Å². The lowest BCUT2D eigenvalue weighted by Crippen LogP contribution is -2.47. The first-order valence-electron chi connectivity index (χ1n) is 12.1. The summed E-state index contributed by atoms with van der Waals surface area (Å²) in [5.41, 5.74) is 2.11. The molecule has 1 aromatic carbocycles. The number of hydrogen-bond donors (Lipinski definition) is 1. The third-order valence-corrected chi connectivity index (χ3v) is 7.37. The molecule has 0 unspecified atom stereocenters. The molecule has 0 radical (unpaired) electrons. The lowest BCUT2D eigenvalue weighted by molar-refractivity contribution is 0.279. The minimum Gasteiger partial charge on any atom is -0.341 e. The lowest BCUT2D eigenvalue weighted by atomic mass is 9.83. The molecule has 1 N–H and O–H groups in total. The van der Waals surface area contributed by atoms with E-state index in [1.165, 1.54) is 6.42 Å². The van der Waals surface area contributed by atoms with Gasteiger partial charge >= 0.3 is 0 Å². The van der Waals surface area contributed by atoms with Gasteiger partial charge in [-0.25, -0.2) is 0 Å². The van der Waals surface area contributed by atoms with Gasteiger partial charge in [-0.1, -0.05) is 17.7 Å². The smallest absolute Gasteiger partial charge is 0.250 e. The average Bonchev–Trinajstić information content (AvgIpc) is 2.86. The second kappa shape index (κ2) is 8.91. The number of fused-ring (bicyclic) bond motifs is 4. The zero-order valence-corrected chi connectivity index (χ0v) is 19.8. The molecule has 6 rings (SSSR count). The maximum Gasteiger partial charge on any atom is 0.250 e. The van der Waals surface area contributed by atoms with Crippen molar-refractivity contribution in [2.45, 2.75) is 38.1 Å². The molecular formula is C25H28ClN7O. The van der Waals surface area contributed by atoms with E-state index in [4.69, 9.17) is 26.6 Å². The van der Waals surface area contributed by atoms with Gasteiger partial charge in [0, 0.05) is 61.1 Å². The molecule has 2 atom stereocenters. The van der Waals surface area contributed by atoms with Crippen LogP contribution in [-0.4, -0.2) is 45.7 Å². The van der Waals surface area contributed by atoms with E-state index in [9.17, 15) is 4.79 Å². The zero-order valence-electron chi connectivity index (χ0n) is 19.0. The van der Waals surface area contributed by atoms with Gasteiger partial charge in [-0.05, 0) is 61.9 Å². The highest BCUT2D eigenvalue weighted by atomic mass is 35.5. The Morgan fingerprint density at radius 3 is 2.41 bits per heavy atom. The van der Waals surface area contributed by atoms with Gasteiger partial charge in [0.15, 0.2) is 0 Å². The molecule has 0 amide bonds. The normalized spacial score (nSPS) is 21.8. The molecule has 34 heavy (non-hydrogen) atoms. The molecule has 3 aromatic rings. The third-order valence-electron chi connectivity index (χ3n) is 7.11.